The SMILES string of the molecule is CSc1nccc(N2CC[C@@H](Oc3ccc4ncccc4c3)[C@H](O)C2)n1. The number of β-amino-alcohol motifs (C(OH)–C–C–N with tert-alkyl or cyclic N) is 1. The number of ether oxygens (including phenoxy) is 1. The number of aliphatic hydroxyl groups excluding tert-OH is 1. The van der Waals surface area contributed by atoms with E-state index in [4.69, 9.17) is 4.74 Å². The zero-order chi connectivity index (χ0) is 17.9. The molecule has 1 saturated heterocycles. The highest BCUT2D eigenvalue weighted by molar-refractivity contribution is 7.98. The maximum atomic E-state index is 10.6. The summed E-state index contributed by atoms with van der Waals surface area (Å²) < 4.78 is 6.06. The Morgan fingerprint density at radius 3 is 2.96 bits per heavy atom. The number of thioether (sulfide) groups is 1. The Morgan fingerprint density at radius 1 is 1.19 bits per heavy atom. The van der Waals surface area contributed by atoms with Crippen LogP contribution in [0.5, 0.6) is 5.75 Å². The van der Waals surface area contributed by atoms with Gasteiger partial charge in [0.1, 0.15) is 23.8 Å². The number of nitrogens with zero attached hydrogens (tertiary/aromatic N) is 4. The van der Waals surface area contributed by atoms with E-state index >= 15 is 0 Å². The second-order valence-corrected chi connectivity index (χ2v) is 6.99. The van der Waals surface area contributed by atoms with Crippen molar-refractivity contribution in [1.82, 2.24) is 15.0 Å². The molecule has 134 valence electrons. The molecule has 1 N–H and O–H groups in total. The predicted octanol–water partition coefficient (Wildman–Crippen LogP) is 2.77. The summed E-state index contributed by atoms with van der Waals surface area (Å²) in [5, 5.41) is 12.3. The van der Waals surface area contributed by atoms with Crippen LogP contribution in [0.25, 0.3) is 10.9 Å². The number of fused-ring (bicyclic) bond motifs is 1. The van der Waals surface area contributed by atoms with Crippen molar-refractivity contribution in [3.63, 3.8) is 0 Å². The van der Waals surface area contributed by atoms with E-state index in [1.807, 2.05) is 42.7 Å². The lowest BCUT2D eigenvalue weighted by Gasteiger charge is -2.36. The molecule has 0 radical (unpaired) electrons. The van der Waals surface area contributed by atoms with Crippen LogP contribution in [0.4, 0.5) is 5.82 Å². The molecular formula is C19H20N4O2S. The number of benzene rings is 1. The van der Waals surface area contributed by atoms with Gasteiger partial charge in [-0.25, -0.2) is 9.97 Å². The maximum absolute atomic E-state index is 10.6. The highest BCUT2D eigenvalue weighted by atomic mass is 32.2. The first-order chi connectivity index (χ1) is 12.7. The zero-order valence-corrected chi connectivity index (χ0v) is 15.3. The summed E-state index contributed by atoms with van der Waals surface area (Å²) in [4.78, 5) is 15.1. The summed E-state index contributed by atoms with van der Waals surface area (Å²) >= 11 is 1.51. The second-order valence-electron chi connectivity index (χ2n) is 6.22. The van der Waals surface area contributed by atoms with Crippen LogP contribution in [-0.4, -0.2) is 51.6 Å². The Hall–Kier alpha value is -2.38. The van der Waals surface area contributed by atoms with Gasteiger partial charge in [0.25, 0.3) is 0 Å². The fourth-order valence-corrected chi connectivity index (χ4v) is 3.51. The van der Waals surface area contributed by atoms with Gasteiger partial charge in [0.15, 0.2) is 5.16 Å². The minimum absolute atomic E-state index is 0.234. The highest BCUT2D eigenvalue weighted by Crippen LogP contribution is 2.25. The molecule has 0 saturated carbocycles. The Kier molecular flexibility index (Phi) is 4.90. The molecule has 1 fully saturated rings. The lowest BCUT2D eigenvalue weighted by Crippen LogP contribution is -2.49. The number of aliphatic hydroxyl groups is 1. The normalized spacial score (nSPS) is 20.3. The van der Waals surface area contributed by atoms with Crippen LogP contribution in [0.3, 0.4) is 0 Å². The van der Waals surface area contributed by atoms with Crippen molar-refractivity contribution in [2.45, 2.75) is 23.8 Å². The highest BCUT2D eigenvalue weighted by Gasteiger charge is 2.30. The van der Waals surface area contributed by atoms with Crippen molar-refractivity contribution in [3.05, 3.63) is 48.8 Å². The fourth-order valence-electron chi connectivity index (χ4n) is 3.16. The van der Waals surface area contributed by atoms with Crippen LogP contribution in [0.1, 0.15) is 6.42 Å². The summed E-state index contributed by atoms with van der Waals surface area (Å²) in [6, 6.07) is 11.6. The topological polar surface area (TPSA) is 71.4 Å². The number of anilines is 1. The van der Waals surface area contributed by atoms with Gasteiger partial charge >= 0.3 is 0 Å². The molecule has 0 unspecified atom stereocenters. The third-order valence-corrected chi connectivity index (χ3v) is 5.07. The van der Waals surface area contributed by atoms with Crippen molar-refractivity contribution < 1.29 is 9.84 Å². The Bertz CT molecular complexity index is 907. The van der Waals surface area contributed by atoms with E-state index in [2.05, 4.69) is 19.9 Å². The lowest BCUT2D eigenvalue weighted by molar-refractivity contribution is 0.0241. The van der Waals surface area contributed by atoms with Crippen LogP contribution in [0, 0.1) is 0 Å². The van der Waals surface area contributed by atoms with Gasteiger partial charge in [-0.1, -0.05) is 17.8 Å². The molecule has 0 aliphatic carbocycles. The third-order valence-electron chi connectivity index (χ3n) is 4.51. The summed E-state index contributed by atoms with van der Waals surface area (Å²) in [6.07, 6.45) is 5.39. The Balaban J connectivity index is 1.44. The van der Waals surface area contributed by atoms with E-state index in [1.54, 1.807) is 12.4 Å². The smallest absolute Gasteiger partial charge is 0.189 e. The molecule has 26 heavy (non-hydrogen) atoms. The molecular weight excluding hydrogens is 348 g/mol. The maximum Gasteiger partial charge on any atom is 0.189 e. The average Bonchev–Trinajstić information content (AvgIpc) is 2.69. The van der Waals surface area contributed by atoms with E-state index in [0.29, 0.717) is 6.54 Å². The molecule has 1 aliphatic heterocycles. The quantitative estimate of drug-likeness (QED) is 0.561. The van der Waals surface area contributed by atoms with E-state index < -0.39 is 6.10 Å². The monoisotopic (exact) mass is 368 g/mol. The predicted molar refractivity (Wildman–Crippen MR) is 103 cm³/mol. The zero-order valence-electron chi connectivity index (χ0n) is 14.4. The number of aromatic nitrogens is 3. The van der Waals surface area contributed by atoms with Crippen molar-refractivity contribution in [2.75, 3.05) is 24.2 Å². The molecule has 1 aliphatic rings. The van der Waals surface area contributed by atoms with E-state index in [1.165, 1.54) is 11.8 Å². The van der Waals surface area contributed by atoms with Crippen LogP contribution >= 0.6 is 11.8 Å². The van der Waals surface area contributed by atoms with Gasteiger partial charge in [-0.05, 0) is 36.6 Å². The molecule has 3 aromatic rings. The van der Waals surface area contributed by atoms with E-state index in [9.17, 15) is 5.11 Å². The fraction of sp³-hybridized carbons (Fsp3) is 0.316. The van der Waals surface area contributed by atoms with Crippen LogP contribution in [-0.2, 0) is 0 Å². The number of pyridine rings is 1. The van der Waals surface area contributed by atoms with Crippen LogP contribution in [0.15, 0.2) is 53.9 Å². The van der Waals surface area contributed by atoms with Crippen LogP contribution < -0.4 is 9.64 Å². The summed E-state index contributed by atoms with van der Waals surface area (Å²) in [5.41, 5.74) is 0.934. The molecule has 2 aromatic heterocycles. The minimum Gasteiger partial charge on any atom is -0.488 e. The summed E-state index contributed by atoms with van der Waals surface area (Å²) in [6.45, 7) is 1.27. The molecule has 3 heterocycles. The van der Waals surface area contributed by atoms with Crippen molar-refractivity contribution in [3.8, 4) is 5.75 Å². The first kappa shape index (κ1) is 17.1. The molecule has 1 aromatic carbocycles. The first-order valence-corrected chi connectivity index (χ1v) is 9.77. The van der Waals surface area contributed by atoms with E-state index in [-0.39, 0.29) is 6.10 Å². The molecule has 4 rings (SSSR count). The minimum atomic E-state index is -0.582. The molecule has 6 nitrogen and oxygen atoms in total. The summed E-state index contributed by atoms with van der Waals surface area (Å²) in [5.74, 6) is 1.60. The number of piperidine rings is 1. The molecule has 0 amide bonds. The first-order valence-electron chi connectivity index (χ1n) is 8.54. The number of hydrogen-bond acceptors (Lipinski definition) is 7. The molecule has 7 heteroatoms. The van der Waals surface area contributed by atoms with Gasteiger partial charge < -0.3 is 14.7 Å². The van der Waals surface area contributed by atoms with Gasteiger partial charge in [0, 0.05) is 37.3 Å². The Labute approximate surface area is 156 Å². The van der Waals surface area contributed by atoms with Gasteiger partial charge in [0.05, 0.1) is 5.52 Å². The summed E-state index contributed by atoms with van der Waals surface area (Å²) in [7, 11) is 0. The van der Waals surface area contributed by atoms with Gasteiger partial charge in [-0.15, -0.1) is 0 Å². The lowest BCUT2D eigenvalue weighted by atomic mass is 10.0. The van der Waals surface area contributed by atoms with Crippen molar-refractivity contribution in [2.24, 2.45) is 0 Å². The van der Waals surface area contributed by atoms with Gasteiger partial charge in [-0.2, -0.15) is 0 Å². The number of hydrogen-bond donors (Lipinski definition) is 1. The Morgan fingerprint density at radius 2 is 2.12 bits per heavy atom. The van der Waals surface area contributed by atoms with Gasteiger partial charge in [0.2, 0.25) is 0 Å². The average molecular weight is 368 g/mol. The van der Waals surface area contributed by atoms with Crippen molar-refractivity contribution in [1.29, 1.82) is 0 Å². The molecule has 2 atom stereocenters. The van der Waals surface area contributed by atoms with Crippen LogP contribution in [0.2, 0.25) is 0 Å². The third kappa shape index (κ3) is 3.59. The molecule has 0 bridgehead atoms. The van der Waals surface area contributed by atoms with E-state index in [0.717, 1.165) is 40.6 Å². The van der Waals surface area contributed by atoms with Crippen molar-refractivity contribution >= 4 is 28.5 Å². The standard InChI is InChI=1S/C19H20N4O2S/c1-26-19-21-9-6-18(22-19)23-10-7-17(16(24)12-23)25-14-4-5-15-13(11-14)3-2-8-20-15/h2-6,8-9,11,16-17,24H,7,10,12H2,1H3/t16-,17-/m1/s1. The largest absolute Gasteiger partial charge is 0.488 e. The second kappa shape index (κ2) is 7.47. The number of rotatable bonds is 4. The molecule has 0 spiro atoms. The van der Waals surface area contributed by atoms with Gasteiger partial charge in [-0.3, -0.25) is 4.98 Å².